The summed E-state index contributed by atoms with van der Waals surface area (Å²) in [6.45, 7) is 6.57. The quantitative estimate of drug-likeness (QED) is 0.698. The Morgan fingerprint density at radius 2 is 1.91 bits per heavy atom. The normalized spacial score (nSPS) is 11.6. The lowest BCUT2D eigenvalue weighted by Gasteiger charge is -2.20. The van der Waals surface area contributed by atoms with E-state index in [1.165, 1.54) is 35.4 Å². The highest BCUT2D eigenvalue weighted by Crippen LogP contribution is 2.25. The van der Waals surface area contributed by atoms with Crippen molar-refractivity contribution in [3.8, 4) is 10.6 Å². The second-order valence-electron chi connectivity index (χ2n) is 6.39. The topological polar surface area (TPSA) is 28.2 Å². The molecule has 3 nitrogen and oxygen atoms in total. The van der Waals surface area contributed by atoms with Crippen LogP contribution in [0.4, 0.5) is 0 Å². The Morgan fingerprint density at radius 1 is 1.17 bits per heavy atom. The smallest absolute Gasteiger partial charge is 0.123 e. The lowest BCUT2D eigenvalue weighted by molar-refractivity contribution is 0.268. The van der Waals surface area contributed by atoms with E-state index in [2.05, 4.69) is 60.4 Å². The number of nitrogens with one attached hydrogen (secondary N) is 1. The van der Waals surface area contributed by atoms with Gasteiger partial charge in [0.2, 0.25) is 0 Å². The SMILES string of the molecule is CNCc1cnc(-c2ccc(CCCCN(C)C(C)C)cc2)s1. The van der Waals surface area contributed by atoms with Crippen LogP contribution in [-0.4, -0.2) is 36.6 Å². The molecule has 0 fully saturated rings. The van der Waals surface area contributed by atoms with Crippen LogP contribution in [0.25, 0.3) is 10.6 Å². The summed E-state index contributed by atoms with van der Waals surface area (Å²) in [5, 5.41) is 4.28. The number of nitrogens with zero attached hydrogens (tertiary/aromatic N) is 2. The summed E-state index contributed by atoms with van der Waals surface area (Å²) in [5.74, 6) is 0. The molecule has 0 aliphatic rings. The van der Waals surface area contributed by atoms with Crippen molar-refractivity contribution in [3.63, 3.8) is 0 Å². The highest BCUT2D eigenvalue weighted by molar-refractivity contribution is 7.15. The number of thiazole rings is 1. The summed E-state index contributed by atoms with van der Waals surface area (Å²) in [7, 11) is 4.17. The molecule has 0 saturated heterocycles. The predicted molar refractivity (Wildman–Crippen MR) is 101 cm³/mol. The van der Waals surface area contributed by atoms with Gasteiger partial charge in [-0.2, -0.15) is 0 Å². The van der Waals surface area contributed by atoms with Crippen LogP contribution in [0.3, 0.4) is 0 Å². The van der Waals surface area contributed by atoms with Crippen molar-refractivity contribution in [2.24, 2.45) is 0 Å². The average Bonchev–Trinajstić information content (AvgIpc) is 3.01. The Bertz CT molecular complexity index is 575. The van der Waals surface area contributed by atoms with Crippen LogP contribution in [0, 0.1) is 0 Å². The molecular weight excluding hydrogens is 302 g/mol. The Labute approximate surface area is 144 Å². The van der Waals surface area contributed by atoms with Crippen molar-refractivity contribution in [2.45, 2.75) is 45.7 Å². The molecule has 0 aliphatic carbocycles. The number of hydrogen-bond donors (Lipinski definition) is 1. The monoisotopic (exact) mass is 331 g/mol. The Balaban J connectivity index is 1.82. The highest BCUT2D eigenvalue weighted by Gasteiger charge is 2.05. The molecule has 1 aromatic carbocycles. The van der Waals surface area contributed by atoms with E-state index in [1.807, 2.05) is 13.2 Å². The number of unbranched alkanes of at least 4 members (excludes halogenated alkanes) is 1. The third-order valence-electron chi connectivity index (χ3n) is 4.21. The predicted octanol–water partition coefficient (Wildman–Crippen LogP) is 4.19. The number of benzene rings is 1. The van der Waals surface area contributed by atoms with Gasteiger partial charge < -0.3 is 10.2 Å². The van der Waals surface area contributed by atoms with Crippen molar-refractivity contribution in [1.82, 2.24) is 15.2 Å². The van der Waals surface area contributed by atoms with Gasteiger partial charge in [0.25, 0.3) is 0 Å². The van der Waals surface area contributed by atoms with E-state index in [4.69, 9.17) is 0 Å². The largest absolute Gasteiger partial charge is 0.315 e. The van der Waals surface area contributed by atoms with Gasteiger partial charge in [0, 0.05) is 29.2 Å². The maximum Gasteiger partial charge on any atom is 0.123 e. The lowest BCUT2D eigenvalue weighted by atomic mass is 10.1. The van der Waals surface area contributed by atoms with E-state index in [0.29, 0.717) is 6.04 Å². The third kappa shape index (κ3) is 5.72. The maximum absolute atomic E-state index is 4.52. The summed E-state index contributed by atoms with van der Waals surface area (Å²) in [6.07, 6.45) is 5.64. The van der Waals surface area contributed by atoms with Crippen LogP contribution in [0.1, 0.15) is 37.1 Å². The van der Waals surface area contributed by atoms with Gasteiger partial charge in [-0.05, 0) is 59.3 Å². The number of aryl methyl sites for hydroxylation is 1. The van der Waals surface area contributed by atoms with Crippen molar-refractivity contribution >= 4 is 11.3 Å². The zero-order chi connectivity index (χ0) is 16.7. The van der Waals surface area contributed by atoms with Gasteiger partial charge in [0.15, 0.2) is 0 Å². The van der Waals surface area contributed by atoms with Crippen LogP contribution >= 0.6 is 11.3 Å². The molecule has 2 rings (SSSR count). The molecular formula is C19H29N3S. The molecule has 1 N–H and O–H groups in total. The number of hydrogen-bond acceptors (Lipinski definition) is 4. The van der Waals surface area contributed by atoms with Crippen LogP contribution in [0.2, 0.25) is 0 Å². The molecule has 1 aromatic heterocycles. The molecule has 126 valence electrons. The summed E-state index contributed by atoms with van der Waals surface area (Å²) < 4.78 is 0. The van der Waals surface area contributed by atoms with Crippen LogP contribution < -0.4 is 5.32 Å². The fourth-order valence-corrected chi connectivity index (χ4v) is 3.39. The summed E-state index contributed by atoms with van der Waals surface area (Å²) >= 11 is 1.76. The van der Waals surface area contributed by atoms with Gasteiger partial charge in [0.05, 0.1) is 0 Å². The zero-order valence-corrected chi connectivity index (χ0v) is 15.6. The van der Waals surface area contributed by atoms with E-state index in [0.717, 1.165) is 18.0 Å². The van der Waals surface area contributed by atoms with Crippen LogP contribution in [0.5, 0.6) is 0 Å². The minimum atomic E-state index is 0.639. The van der Waals surface area contributed by atoms with E-state index in [1.54, 1.807) is 11.3 Å². The van der Waals surface area contributed by atoms with E-state index in [9.17, 15) is 0 Å². The molecule has 0 radical (unpaired) electrons. The first-order valence-corrected chi connectivity index (χ1v) is 9.30. The van der Waals surface area contributed by atoms with Crippen molar-refractivity contribution < 1.29 is 0 Å². The Morgan fingerprint density at radius 3 is 2.57 bits per heavy atom. The standard InChI is InChI=1S/C19H29N3S/c1-15(2)22(4)12-6-5-7-16-8-10-17(11-9-16)19-21-14-18(23-19)13-20-3/h8-11,14-15,20H,5-7,12-13H2,1-4H3. The highest BCUT2D eigenvalue weighted by atomic mass is 32.1. The first kappa shape index (κ1) is 18.1. The van der Waals surface area contributed by atoms with Gasteiger partial charge in [-0.1, -0.05) is 24.3 Å². The van der Waals surface area contributed by atoms with Crippen molar-refractivity contribution in [1.29, 1.82) is 0 Å². The lowest BCUT2D eigenvalue weighted by Crippen LogP contribution is -2.27. The van der Waals surface area contributed by atoms with E-state index in [-0.39, 0.29) is 0 Å². The fourth-order valence-electron chi connectivity index (χ4n) is 2.46. The van der Waals surface area contributed by atoms with Gasteiger partial charge in [-0.25, -0.2) is 4.98 Å². The second-order valence-corrected chi connectivity index (χ2v) is 7.51. The van der Waals surface area contributed by atoms with Gasteiger partial charge in [-0.15, -0.1) is 11.3 Å². The molecule has 0 unspecified atom stereocenters. The molecule has 0 amide bonds. The Hall–Kier alpha value is -1.23. The molecule has 0 saturated carbocycles. The van der Waals surface area contributed by atoms with Gasteiger partial charge >= 0.3 is 0 Å². The first-order valence-electron chi connectivity index (χ1n) is 8.49. The second kappa shape index (κ2) is 9.16. The summed E-state index contributed by atoms with van der Waals surface area (Å²) in [4.78, 5) is 8.21. The summed E-state index contributed by atoms with van der Waals surface area (Å²) in [5.41, 5.74) is 2.65. The molecule has 2 aromatic rings. The molecule has 1 heterocycles. The minimum absolute atomic E-state index is 0.639. The third-order valence-corrected chi connectivity index (χ3v) is 5.26. The van der Waals surface area contributed by atoms with Crippen LogP contribution in [0.15, 0.2) is 30.5 Å². The van der Waals surface area contributed by atoms with Gasteiger partial charge in [-0.3, -0.25) is 0 Å². The van der Waals surface area contributed by atoms with Crippen molar-refractivity contribution in [3.05, 3.63) is 40.9 Å². The maximum atomic E-state index is 4.52. The number of aromatic nitrogens is 1. The fraction of sp³-hybridized carbons (Fsp3) is 0.526. The Kier molecular flexibility index (Phi) is 7.21. The van der Waals surface area contributed by atoms with Gasteiger partial charge in [0.1, 0.15) is 5.01 Å². The molecule has 0 spiro atoms. The number of rotatable bonds is 9. The van der Waals surface area contributed by atoms with Crippen molar-refractivity contribution in [2.75, 3.05) is 20.6 Å². The first-order chi connectivity index (χ1) is 11.1. The molecule has 0 aliphatic heterocycles. The van der Waals surface area contributed by atoms with E-state index >= 15 is 0 Å². The van der Waals surface area contributed by atoms with Crippen LogP contribution in [-0.2, 0) is 13.0 Å². The zero-order valence-electron chi connectivity index (χ0n) is 14.8. The molecule has 4 heteroatoms. The molecule has 23 heavy (non-hydrogen) atoms. The van der Waals surface area contributed by atoms with E-state index < -0.39 is 0 Å². The average molecular weight is 332 g/mol. The molecule has 0 atom stereocenters. The minimum Gasteiger partial charge on any atom is -0.315 e. The molecule has 0 bridgehead atoms. The summed E-state index contributed by atoms with van der Waals surface area (Å²) in [6, 6.07) is 9.55.